The maximum Gasteiger partial charge on any atom is 0.416 e. The molecule has 2 N–H and O–H groups in total. The van der Waals surface area contributed by atoms with Gasteiger partial charge in [0.15, 0.2) is 0 Å². The molecule has 24 heavy (non-hydrogen) atoms. The van der Waals surface area contributed by atoms with Gasteiger partial charge in [-0.15, -0.1) is 0 Å². The Hall–Kier alpha value is -2.09. The van der Waals surface area contributed by atoms with Crippen LogP contribution in [0.15, 0.2) is 24.3 Å². The van der Waals surface area contributed by atoms with Crippen molar-refractivity contribution >= 4 is 17.5 Å². The Kier molecular flexibility index (Phi) is 5.82. The van der Waals surface area contributed by atoms with Crippen molar-refractivity contribution in [3.8, 4) is 0 Å². The van der Waals surface area contributed by atoms with Crippen LogP contribution in [0.2, 0.25) is 0 Å². The zero-order valence-corrected chi connectivity index (χ0v) is 13.4. The minimum atomic E-state index is -4.46. The Morgan fingerprint density at radius 2 is 1.88 bits per heavy atom. The summed E-state index contributed by atoms with van der Waals surface area (Å²) in [4.78, 5) is 27.0. The van der Waals surface area contributed by atoms with Gasteiger partial charge >= 0.3 is 6.18 Å². The number of carbonyl (C=O) groups is 2. The van der Waals surface area contributed by atoms with Crippen LogP contribution in [0.25, 0.3) is 0 Å². The molecule has 0 aromatic heterocycles. The predicted octanol–water partition coefficient (Wildman–Crippen LogP) is 0.781. The van der Waals surface area contributed by atoms with E-state index in [1.165, 1.54) is 17.0 Å². The van der Waals surface area contributed by atoms with Crippen molar-refractivity contribution < 1.29 is 27.7 Å². The number of nitrogens with zero attached hydrogens (tertiary/aromatic N) is 1. The number of hydrogen-bond donors (Lipinski definition) is 2. The minimum absolute atomic E-state index is 0.0473. The van der Waals surface area contributed by atoms with Gasteiger partial charge in [-0.2, -0.15) is 13.2 Å². The van der Waals surface area contributed by atoms with Gasteiger partial charge < -0.3 is 15.1 Å². The van der Waals surface area contributed by atoms with Crippen LogP contribution < -0.4 is 10.2 Å². The number of alkyl halides is 3. The Bertz CT molecular complexity index is 596. The van der Waals surface area contributed by atoms with E-state index in [9.17, 15) is 22.8 Å². The van der Waals surface area contributed by atoms with E-state index in [1.54, 1.807) is 4.90 Å². The lowest BCUT2D eigenvalue weighted by atomic mass is 10.2. The van der Waals surface area contributed by atoms with Crippen molar-refractivity contribution in [2.24, 2.45) is 0 Å². The summed E-state index contributed by atoms with van der Waals surface area (Å²) in [7, 11) is 2.06. The Balaban J connectivity index is 1.82. The molecule has 0 unspecified atom stereocenters. The summed E-state index contributed by atoms with van der Waals surface area (Å²) in [6.45, 7) is 3.09. The van der Waals surface area contributed by atoms with Gasteiger partial charge in [0, 0.05) is 18.5 Å². The maximum atomic E-state index is 12.6. The summed E-state index contributed by atoms with van der Waals surface area (Å²) in [5.74, 6) is -0.566. The molecule has 1 aromatic carbocycles. The molecule has 0 radical (unpaired) electrons. The first-order valence-electron chi connectivity index (χ1n) is 7.82. The smallest absolute Gasteiger partial charge is 0.334 e. The standard InChI is InChI=1S/C16H20F3N3O2/c1-21-7-9-22(10-8-21)15(24)6-5-14(23)20-13-4-2-3-12(11-13)16(17,18)19/h2-4,11H,5-10H2,1H3,(H,20,23)/p+1. The number of quaternary nitrogens is 1. The van der Waals surface area contributed by atoms with Crippen molar-refractivity contribution in [2.75, 3.05) is 38.5 Å². The highest BCUT2D eigenvalue weighted by atomic mass is 19.4. The van der Waals surface area contributed by atoms with Crippen molar-refractivity contribution in [1.29, 1.82) is 0 Å². The van der Waals surface area contributed by atoms with Gasteiger partial charge in [0.1, 0.15) is 0 Å². The lowest BCUT2D eigenvalue weighted by Gasteiger charge is -2.30. The molecule has 1 saturated heterocycles. The number of halogens is 3. The lowest BCUT2D eigenvalue weighted by molar-refractivity contribution is -0.883. The molecular formula is C16H21F3N3O2+. The molecule has 0 aliphatic carbocycles. The van der Waals surface area contributed by atoms with Gasteiger partial charge in [0.25, 0.3) is 0 Å². The molecule has 1 aliphatic heterocycles. The second-order valence-corrected chi connectivity index (χ2v) is 5.96. The predicted molar refractivity (Wildman–Crippen MR) is 82.5 cm³/mol. The Morgan fingerprint density at radius 3 is 2.50 bits per heavy atom. The van der Waals surface area contributed by atoms with Crippen LogP contribution in [0, 0.1) is 0 Å². The molecule has 8 heteroatoms. The molecule has 0 atom stereocenters. The average molecular weight is 344 g/mol. The van der Waals surface area contributed by atoms with E-state index in [0.717, 1.165) is 25.2 Å². The summed E-state index contributed by atoms with van der Waals surface area (Å²) in [5, 5.41) is 2.41. The fourth-order valence-electron chi connectivity index (χ4n) is 2.51. The van der Waals surface area contributed by atoms with E-state index in [-0.39, 0.29) is 24.4 Å². The highest BCUT2D eigenvalue weighted by Gasteiger charge is 2.30. The highest BCUT2D eigenvalue weighted by molar-refractivity contribution is 5.93. The van der Waals surface area contributed by atoms with Gasteiger partial charge in [0.2, 0.25) is 11.8 Å². The first-order valence-corrected chi connectivity index (χ1v) is 7.82. The monoisotopic (exact) mass is 344 g/mol. The molecule has 132 valence electrons. The minimum Gasteiger partial charge on any atom is -0.334 e. The fraction of sp³-hybridized carbons (Fsp3) is 0.500. The van der Waals surface area contributed by atoms with Gasteiger partial charge in [-0.05, 0) is 18.2 Å². The largest absolute Gasteiger partial charge is 0.416 e. The number of nitrogens with one attached hydrogen (secondary N) is 2. The van der Waals surface area contributed by atoms with Crippen LogP contribution in [-0.4, -0.2) is 49.9 Å². The van der Waals surface area contributed by atoms with E-state index in [0.29, 0.717) is 13.1 Å². The number of likely N-dealkylation sites (N-methyl/N-ethyl adjacent to an activating group) is 1. The van der Waals surface area contributed by atoms with E-state index in [1.807, 2.05) is 0 Å². The molecule has 1 aromatic rings. The quantitative estimate of drug-likeness (QED) is 0.848. The second kappa shape index (κ2) is 7.65. The third-order valence-corrected chi connectivity index (χ3v) is 4.01. The summed E-state index contributed by atoms with van der Waals surface area (Å²) in [6, 6.07) is 4.44. The van der Waals surface area contributed by atoms with E-state index < -0.39 is 17.6 Å². The second-order valence-electron chi connectivity index (χ2n) is 5.96. The molecule has 5 nitrogen and oxygen atoms in total. The van der Waals surface area contributed by atoms with E-state index >= 15 is 0 Å². The maximum absolute atomic E-state index is 12.6. The van der Waals surface area contributed by atoms with Crippen molar-refractivity contribution in [3.63, 3.8) is 0 Å². The van der Waals surface area contributed by atoms with Crippen molar-refractivity contribution in [3.05, 3.63) is 29.8 Å². The van der Waals surface area contributed by atoms with E-state index in [2.05, 4.69) is 12.4 Å². The third-order valence-electron chi connectivity index (χ3n) is 4.01. The van der Waals surface area contributed by atoms with E-state index in [4.69, 9.17) is 0 Å². The summed E-state index contributed by atoms with van der Waals surface area (Å²) in [6.07, 6.45) is -4.45. The fourth-order valence-corrected chi connectivity index (χ4v) is 2.51. The highest BCUT2D eigenvalue weighted by Crippen LogP contribution is 2.30. The summed E-state index contributed by atoms with van der Waals surface area (Å²) >= 11 is 0. The summed E-state index contributed by atoms with van der Waals surface area (Å²) < 4.78 is 37.9. The first-order chi connectivity index (χ1) is 11.3. The number of amides is 2. The van der Waals surface area contributed by atoms with Crippen LogP contribution in [0.4, 0.5) is 18.9 Å². The SMILES string of the molecule is C[NH+]1CCN(C(=O)CCC(=O)Nc2cccc(C(F)(F)F)c2)CC1. The van der Waals surface area contributed by atoms with Crippen LogP contribution in [0.3, 0.4) is 0 Å². The molecule has 1 aliphatic rings. The molecule has 0 spiro atoms. The topological polar surface area (TPSA) is 53.9 Å². The lowest BCUT2D eigenvalue weighted by Crippen LogP contribution is -3.12. The first kappa shape index (κ1) is 18.3. The number of rotatable bonds is 4. The van der Waals surface area contributed by atoms with Crippen LogP contribution >= 0.6 is 0 Å². The number of piperazine rings is 1. The Morgan fingerprint density at radius 1 is 1.21 bits per heavy atom. The Labute approximate surface area is 138 Å². The number of anilines is 1. The van der Waals surface area contributed by atoms with Gasteiger partial charge in [-0.25, -0.2) is 0 Å². The average Bonchev–Trinajstić information content (AvgIpc) is 2.53. The molecule has 1 heterocycles. The van der Waals surface area contributed by atoms with Gasteiger partial charge in [-0.1, -0.05) is 6.07 Å². The van der Waals surface area contributed by atoms with Crippen LogP contribution in [0.1, 0.15) is 18.4 Å². The van der Waals surface area contributed by atoms with Crippen LogP contribution in [0.5, 0.6) is 0 Å². The molecule has 0 bridgehead atoms. The zero-order valence-electron chi connectivity index (χ0n) is 13.4. The number of benzene rings is 1. The molecule has 2 rings (SSSR count). The molecule has 2 amide bonds. The molecular weight excluding hydrogens is 323 g/mol. The molecule has 1 fully saturated rings. The number of hydrogen-bond acceptors (Lipinski definition) is 2. The van der Waals surface area contributed by atoms with Crippen LogP contribution in [-0.2, 0) is 15.8 Å². The van der Waals surface area contributed by atoms with Gasteiger partial charge in [0.05, 0.1) is 38.8 Å². The number of carbonyl (C=O) groups excluding carboxylic acids is 2. The molecule has 0 saturated carbocycles. The normalized spacial score (nSPS) is 16.1. The zero-order chi connectivity index (χ0) is 17.7. The summed E-state index contributed by atoms with van der Waals surface area (Å²) in [5.41, 5.74) is -0.748. The van der Waals surface area contributed by atoms with Crippen molar-refractivity contribution in [1.82, 2.24) is 4.90 Å². The van der Waals surface area contributed by atoms with Crippen molar-refractivity contribution in [2.45, 2.75) is 19.0 Å². The van der Waals surface area contributed by atoms with Gasteiger partial charge in [-0.3, -0.25) is 9.59 Å². The third kappa shape index (κ3) is 5.23.